The molecule has 0 fully saturated rings. The molecule has 0 saturated heterocycles. The van der Waals surface area contributed by atoms with Gasteiger partial charge in [-0.2, -0.15) is 0 Å². The summed E-state index contributed by atoms with van der Waals surface area (Å²) in [4.78, 5) is 22.5. The van der Waals surface area contributed by atoms with Crippen LogP contribution in [0.4, 0.5) is 10.5 Å². The Morgan fingerprint density at radius 3 is 2.60 bits per heavy atom. The average molecular weight is 360 g/mol. The van der Waals surface area contributed by atoms with Gasteiger partial charge in [0.25, 0.3) is 5.69 Å². The summed E-state index contributed by atoms with van der Waals surface area (Å²) in [6.07, 6.45) is -0.995. The van der Waals surface area contributed by atoms with Crippen molar-refractivity contribution >= 4 is 34.2 Å². The fourth-order valence-electron chi connectivity index (χ4n) is 2.53. The highest BCUT2D eigenvalue weighted by Crippen LogP contribution is 2.23. The van der Waals surface area contributed by atoms with Crippen molar-refractivity contribution in [1.29, 1.82) is 0 Å². The van der Waals surface area contributed by atoms with Gasteiger partial charge < -0.3 is 10.4 Å². The Morgan fingerprint density at radius 1 is 1.24 bits per heavy atom. The van der Waals surface area contributed by atoms with E-state index < -0.39 is 17.1 Å². The number of para-hydroxylation sites is 1. The number of nitrogens with zero attached hydrogens (tertiary/aromatic N) is 2. The fraction of sp³-hybridized carbons (Fsp3) is 0.118. The summed E-state index contributed by atoms with van der Waals surface area (Å²) in [5.74, 6) is 0. The van der Waals surface area contributed by atoms with Crippen molar-refractivity contribution in [1.82, 2.24) is 9.88 Å². The second-order valence-corrected chi connectivity index (χ2v) is 5.80. The van der Waals surface area contributed by atoms with Crippen molar-refractivity contribution in [2.45, 2.75) is 6.10 Å². The van der Waals surface area contributed by atoms with Gasteiger partial charge in [-0.05, 0) is 29.8 Å². The molecule has 2 N–H and O–H groups in total. The van der Waals surface area contributed by atoms with Crippen LogP contribution in [-0.4, -0.2) is 27.2 Å². The summed E-state index contributed by atoms with van der Waals surface area (Å²) in [6.45, 7) is -0.0561. The van der Waals surface area contributed by atoms with E-state index in [0.29, 0.717) is 11.1 Å². The monoisotopic (exact) mass is 359 g/mol. The second kappa shape index (κ2) is 6.92. The third-order valence-corrected chi connectivity index (χ3v) is 4.08. The number of rotatable bonds is 4. The van der Waals surface area contributed by atoms with E-state index in [2.05, 4.69) is 5.32 Å². The molecule has 0 aliphatic carbocycles. The molecule has 3 aromatic rings. The van der Waals surface area contributed by atoms with Crippen molar-refractivity contribution in [3.05, 3.63) is 75.4 Å². The molecule has 128 valence electrons. The van der Waals surface area contributed by atoms with Crippen LogP contribution in [0.25, 0.3) is 10.9 Å². The van der Waals surface area contributed by atoms with E-state index in [1.54, 1.807) is 18.2 Å². The van der Waals surface area contributed by atoms with Gasteiger partial charge in [-0.3, -0.25) is 14.7 Å². The molecular formula is C17H14ClN3O4. The van der Waals surface area contributed by atoms with Gasteiger partial charge in [-0.1, -0.05) is 29.8 Å². The smallest absolute Gasteiger partial charge is 0.327 e. The van der Waals surface area contributed by atoms with Gasteiger partial charge in [0.1, 0.15) is 5.15 Å². The van der Waals surface area contributed by atoms with Gasteiger partial charge in [0.05, 0.1) is 16.5 Å². The lowest BCUT2D eigenvalue weighted by Gasteiger charge is -2.13. The number of nitro benzene ring substituents is 1. The Labute approximate surface area is 147 Å². The molecule has 7 nitrogen and oxygen atoms in total. The van der Waals surface area contributed by atoms with Crippen molar-refractivity contribution in [3.8, 4) is 0 Å². The number of fused-ring (bicyclic) bond motifs is 1. The third-order valence-electron chi connectivity index (χ3n) is 3.80. The van der Waals surface area contributed by atoms with Crippen LogP contribution in [0.5, 0.6) is 0 Å². The SMILES string of the molecule is O=C(NC[C@@H](O)c1ccc([N+](=O)[O-])cc1)n1c(Cl)cc2ccccc21. The predicted octanol–water partition coefficient (Wildman–Crippen LogP) is 3.49. The topological polar surface area (TPSA) is 97.4 Å². The minimum Gasteiger partial charge on any atom is -0.387 e. The number of non-ortho nitro benzene ring substituents is 1. The number of hydrogen-bond donors (Lipinski definition) is 2. The first-order valence-corrected chi connectivity index (χ1v) is 7.82. The number of nitro groups is 1. The van der Waals surface area contributed by atoms with Gasteiger partial charge in [-0.25, -0.2) is 4.79 Å². The second-order valence-electron chi connectivity index (χ2n) is 5.41. The lowest BCUT2D eigenvalue weighted by atomic mass is 10.1. The summed E-state index contributed by atoms with van der Waals surface area (Å²) < 4.78 is 1.32. The molecule has 0 spiro atoms. The maximum absolute atomic E-state index is 12.4. The zero-order valence-electron chi connectivity index (χ0n) is 12.9. The summed E-state index contributed by atoms with van der Waals surface area (Å²) in [7, 11) is 0. The average Bonchev–Trinajstić information content (AvgIpc) is 2.95. The zero-order chi connectivity index (χ0) is 18.0. The molecule has 0 bridgehead atoms. The Bertz CT molecular complexity index is 937. The number of nitrogens with one attached hydrogen (secondary N) is 1. The number of benzene rings is 2. The quantitative estimate of drug-likeness (QED) is 0.550. The molecule has 2 aromatic carbocycles. The Kier molecular flexibility index (Phi) is 4.69. The first-order valence-electron chi connectivity index (χ1n) is 7.44. The van der Waals surface area contributed by atoms with E-state index in [9.17, 15) is 20.0 Å². The lowest BCUT2D eigenvalue weighted by Crippen LogP contribution is -2.32. The van der Waals surface area contributed by atoms with Gasteiger partial charge in [-0.15, -0.1) is 0 Å². The number of amides is 1. The molecule has 0 saturated carbocycles. The van der Waals surface area contributed by atoms with E-state index in [1.165, 1.54) is 28.8 Å². The van der Waals surface area contributed by atoms with E-state index in [4.69, 9.17) is 11.6 Å². The molecule has 1 atom stereocenters. The van der Waals surface area contributed by atoms with E-state index in [1.807, 2.05) is 12.1 Å². The summed E-state index contributed by atoms with van der Waals surface area (Å²) in [6, 6.07) is 14.0. The number of halogens is 1. The maximum atomic E-state index is 12.4. The normalized spacial score (nSPS) is 12.1. The van der Waals surface area contributed by atoms with Crippen LogP contribution < -0.4 is 5.32 Å². The first kappa shape index (κ1) is 16.9. The summed E-state index contributed by atoms with van der Waals surface area (Å²) in [5, 5.41) is 24.5. The number of aliphatic hydroxyl groups is 1. The van der Waals surface area contributed by atoms with E-state index in [-0.39, 0.29) is 17.4 Å². The number of carbonyl (C=O) groups excluding carboxylic acids is 1. The highest BCUT2D eigenvalue weighted by Gasteiger charge is 2.16. The van der Waals surface area contributed by atoms with Crippen LogP contribution in [0.3, 0.4) is 0 Å². The molecule has 1 heterocycles. The Morgan fingerprint density at radius 2 is 1.92 bits per heavy atom. The highest BCUT2D eigenvalue weighted by atomic mass is 35.5. The maximum Gasteiger partial charge on any atom is 0.327 e. The van der Waals surface area contributed by atoms with E-state index >= 15 is 0 Å². The standard InChI is InChI=1S/C17H14ClN3O4/c18-16-9-12-3-1-2-4-14(12)20(16)17(23)19-10-15(22)11-5-7-13(8-6-11)21(24)25/h1-9,15,22H,10H2,(H,19,23)/t15-/m1/s1. The van der Waals surface area contributed by atoms with Gasteiger partial charge in [0.15, 0.2) is 0 Å². The first-order chi connectivity index (χ1) is 12.0. The highest BCUT2D eigenvalue weighted by molar-refractivity contribution is 6.32. The molecule has 0 radical (unpaired) electrons. The molecule has 25 heavy (non-hydrogen) atoms. The minimum atomic E-state index is -0.995. The molecule has 3 rings (SSSR count). The Balaban J connectivity index is 1.71. The largest absolute Gasteiger partial charge is 0.387 e. The molecule has 8 heteroatoms. The van der Waals surface area contributed by atoms with Crippen LogP contribution in [0.15, 0.2) is 54.6 Å². The van der Waals surface area contributed by atoms with Gasteiger partial charge >= 0.3 is 6.03 Å². The predicted molar refractivity (Wildman–Crippen MR) is 93.8 cm³/mol. The number of hydrogen-bond acceptors (Lipinski definition) is 4. The van der Waals surface area contributed by atoms with Crippen LogP contribution >= 0.6 is 11.6 Å². The fourth-order valence-corrected chi connectivity index (χ4v) is 2.81. The van der Waals surface area contributed by atoms with Crippen molar-refractivity contribution in [2.24, 2.45) is 0 Å². The molecule has 0 unspecified atom stereocenters. The zero-order valence-corrected chi connectivity index (χ0v) is 13.7. The molecule has 0 aliphatic heterocycles. The number of aliphatic hydroxyl groups excluding tert-OH is 1. The summed E-state index contributed by atoms with van der Waals surface area (Å²) in [5.41, 5.74) is 1.06. The van der Waals surface area contributed by atoms with Gasteiger partial charge in [0.2, 0.25) is 0 Å². The van der Waals surface area contributed by atoms with Crippen molar-refractivity contribution in [3.63, 3.8) is 0 Å². The lowest BCUT2D eigenvalue weighted by molar-refractivity contribution is -0.384. The number of carbonyl (C=O) groups is 1. The van der Waals surface area contributed by atoms with Crippen LogP contribution in [0.2, 0.25) is 5.15 Å². The van der Waals surface area contributed by atoms with Crippen LogP contribution in [0.1, 0.15) is 11.7 Å². The van der Waals surface area contributed by atoms with Crippen molar-refractivity contribution < 1.29 is 14.8 Å². The minimum absolute atomic E-state index is 0.0561. The Hall–Kier alpha value is -2.90. The number of aromatic nitrogens is 1. The van der Waals surface area contributed by atoms with Crippen LogP contribution in [-0.2, 0) is 0 Å². The molecule has 1 amide bonds. The molecular weight excluding hydrogens is 346 g/mol. The third kappa shape index (κ3) is 3.47. The summed E-state index contributed by atoms with van der Waals surface area (Å²) >= 11 is 6.12. The van der Waals surface area contributed by atoms with Gasteiger partial charge in [0, 0.05) is 24.1 Å². The molecule has 1 aromatic heterocycles. The van der Waals surface area contributed by atoms with E-state index in [0.717, 1.165) is 5.39 Å². The van der Waals surface area contributed by atoms with Crippen molar-refractivity contribution in [2.75, 3.05) is 6.54 Å². The molecule has 0 aliphatic rings. The van der Waals surface area contributed by atoms with Crippen LogP contribution in [0, 0.1) is 10.1 Å².